The number of benzene rings is 2. The maximum Gasteiger partial charge on any atom is 0.0561 e. The molecule has 0 spiro atoms. The van der Waals surface area contributed by atoms with Crippen molar-refractivity contribution in [2.45, 2.75) is 27.2 Å². The SMILES string of the molecule is CC1=C(C)C(C)=C(c2ccccc2/C=N/Nc2ccccc2)C1. The number of anilines is 1. The van der Waals surface area contributed by atoms with E-state index < -0.39 is 0 Å². The van der Waals surface area contributed by atoms with Crippen LogP contribution in [0.4, 0.5) is 5.69 Å². The number of rotatable bonds is 4. The molecule has 0 radical (unpaired) electrons. The Labute approximate surface area is 138 Å². The second-order valence-electron chi connectivity index (χ2n) is 6.01. The van der Waals surface area contributed by atoms with Gasteiger partial charge in [-0.15, -0.1) is 0 Å². The van der Waals surface area contributed by atoms with Gasteiger partial charge in [0.25, 0.3) is 0 Å². The molecule has 0 fully saturated rings. The van der Waals surface area contributed by atoms with E-state index in [1.54, 1.807) is 0 Å². The van der Waals surface area contributed by atoms with Crippen LogP contribution in [0.5, 0.6) is 0 Å². The molecule has 23 heavy (non-hydrogen) atoms. The van der Waals surface area contributed by atoms with Gasteiger partial charge in [-0.3, -0.25) is 5.43 Å². The van der Waals surface area contributed by atoms with Gasteiger partial charge in [0.15, 0.2) is 0 Å². The summed E-state index contributed by atoms with van der Waals surface area (Å²) in [4.78, 5) is 0. The lowest BCUT2D eigenvalue weighted by atomic mass is 9.96. The minimum absolute atomic E-state index is 0.992. The molecule has 1 aliphatic rings. The highest BCUT2D eigenvalue weighted by Crippen LogP contribution is 2.38. The predicted octanol–water partition coefficient (Wildman–Crippen LogP) is 5.65. The smallest absolute Gasteiger partial charge is 0.0561 e. The van der Waals surface area contributed by atoms with Gasteiger partial charge in [-0.2, -0.15) is 5.10 Å². The highest BCUT2D eigenvalue weighted by atomic mass is 15.3. The summed E-state index contributed by atoms with van der Waals surface area (Å²) in [5.74, 6) is 0. The molecule has 0 saturated heterocycles. The van der Waals surface area contributed by atoms with Crippen molar-refractivity contribution >= 4 is 17.5 Å². The number of allylic oxidation sites excluding steroid dienone is 4. The van der Waals surface area contributed by atoms with Crippen LogP contribution >= 0.6 is 0 Å². The Morgan fingerprint density at radius 1 is 0.870 bits per heavy atom. The molecule has 0 heterocycles. The third-order valence-electron chi connectivity index (χ3n) is 4.55. The van der Waals surface area contributed by atoms with E-state index in [0.717, 1.165) is 17.7 Å². The number of hydrazone groups is 1. The molecule has 0 bridgehead atoms. The molecule has 1 N–H and O–H groups in total. The zero-order valence-electron chi connectivity index (χ0n) is 13.9. The summed E-state index contributed by atoms with van der Waals surface area (Å²) in [5.41, 5.74) is 12.2. The highest BCUT2D eigenvalue weighted by molar-refractivity contribution is 5.91. The fraction of sp³-hybridized carbons (Fsp3) is 0.190. The van der Waals surface area contributed by atoms with E-state index in [1.165, 1.54) is 27.9 Å². The molecular formula is C21H22N2. The molecule has 0 saturated carbocycles. The van der Waals surface area contributed by atoms with E-state index in [1.807, 2.05) is 36.5 Å². The summed E-state index contributed by atoms with van der Waals surface area (Å²) in [7, 11) is 0. The molecule has 116 valence electrons. The first-order valence-corrected chi connectivity index (χ1v) is 7.97. The van der Waals surface area contributed by atoms with E-state index in [0.29, 0.717) is 0 Å². The van der Waals surface area contributed by atoms with Crippen LogP contribution in [0.2, 0.25) is 0 Å². The normalized spacial score (nSPS) is 14.9. The first kappa shape index (κ1) is 15.3. The van der Waals surface area contributed by atoms with E-state index in [4.69, 9.17) is 0 Å². The van der Waals surface area contributed by atoms with Crippen molar-refractivity contribution in [3.8, 4) is 0 Å². The molecule has 0 aliphatic heterocycles. The van der Waals surface area contributed by atoms with Crippen molar-refractivity contribution in [1.82, 2.24) is 0 Å². The van der Waals surface area contributed by atoms with Gasteiger partial charge in [-0.25, -0.2) is 0 Å². The lowest BCUT2D eigenvalue weighted by Gasteiger charge is -2.09. The summed E-state index contributed by atoms with van der Waals surface area (Å²) in [6.45, 7) is 6.65. The Morgan fingerprint density at radius 3 is 2.26 bits per heavy atom. The summed E-state index contributed by atoms with van der Waals surface area (Å²) in [5, 5.41) is 4.40. The van der Waals surface area contributed by atoms with Gasteiger partial charge in [-0.05, 0) is 61.6 Å². The third-order valence-corrected chi connectivity index (χ3v) is 4.55. The maximum atomic E-state index is 4.40. The molecule has 2 aromatic carbocycles. The Hall–Kier alpha value is -2.61. The van der Waals surface area contributed by atoms with Crippen LogP contribution in [0.3, 0.4) is 0 Å². The summed E-state index contributed by atoms with van der Waals surface area (Å²) < 4.78 is 0. The van der Waals surface area contributed by atoms with Crippen LogP contribution in [0.15, 0.2) is 76.4 Å². The number of nitrogens with zero attached hydrogens (tertiary/aromatic N) is 1. The molecule has 1 aliphatic carbocycles. The van der Waals surface area contributed by atoms with Gasteiger partial charge in [0.05, 0.1) is 11.9 Å². The molecule has 3 rings (SSSR count). The lowest BCUT2D eigenvalue weighted by Crippen LogP contribution is -1.95. The third kappa shape index (κ3) is 3.26. The predicted molar refractivity (Wildman–Crippen MR) is 99.7 cm³/mol. The summed E-state index contributed by atoms with van der Waals surface area (Å²) in [6.07, 6.45) is 2.94. The molecule has 2 aromatic rings. The van der Waals surface area contributed by atoms with Crippen molar-refractivity contribution in [2.75, 3.05) is 5.43 Å². The van der Waals surface area contributed by atoms with Crippen LogP contribution in [0, 0.1) is 0 Å². The minimum atomic E-state index is 0.992. The average molecular weight is 302 g/mol. The molecule has 2 heteroatoms. The fourth-order valence-electron chi connectivity index (χ4n) is 2.95. The molecule has 0 atom stereocenters. The Bertz CT molecular complexity index is 796. The van der Waals surface area contributed by atoms with Crippen molar-refractivity contribution in [3.05, 3.63) is 82.4 Å². The Morgan fingerprint density at radius 2 is 1.57 bits per heavy atom. The summed E-state index contributed by atoms with van der Waals surface area (Å²) >= 11 is 0. The topological polar surface area (TPSA) is 24.4 Å². The summed E-state index contributed by atoms with van der Waals surface area (Å²) in [6, 6.07) is 18.5. The van der Waals surface area contributed by atoms with Crippen molar-refractivity contribution in [3.63, 3.8) is 0 Å². The van der Waals surface area contributed by atoms with Crippen LogP contribution in [-0.4, -0.2) is 6.21 Å². The van der Waals surface area contributed by atoms with E-state index >= 15 is 0 Å². The van der Waals surface area contributed by atoms with Gasteiger partial charge in [0.2, 0.25) is 0 Å². The van der Waals surface area contributed by atoms with Gasteiger partial charge in [0, 0.05) is 5.56 Å². The van der Waals surface area contributed by atoms with Gasteiger partial charge < -0.3 is 0 Å². The number of para-hydroxylation sites is 1. The molecule has 0 unspecified atom stereocenters. The lowest BCUT2D eigenvalue weighted by molar-refractivity contribution is 1.22. The second-order valence-corrected chi connectivity index (χ2v) is 6.01. The standard InChI is InChI=1S/C21H22N2/c1-15-13-21(17(3)16(15)2)20-12-8-7-9-18(20)14-22-23-19-10-5-4-6-11-19/h4-12,14,23H,13H2,1-3H3/b22-14+. The Balaban J connectivity index is 1.85. The van der Waals surface area contributed by atoms with Crippen molar-refractivity contribution in [2.24, 2.45) is 5.10 Å². The monoisotopic (exact) mass is 302 g/mol. The van der Waals surface area contributed by atoms with E-state index in [2.05, 4.69) is 55.6 Å². The van der Waals surface area contributed by atoms with E-state index in [9.17, 15) is 0 Å². The van der Waals surface area contributed by atoms with Crippen LogP contribution in [0.25, 0.3) is 5.57 Å². The zero-order valence-corrected chi connectivity index (χ0v) is 13.9. The van der Waals surface area contributed by atoms with Gasteiger partial charge >= 0.3 is 0 Å². The average Bonchev–Trinajstić information content (AvgIpc) is 2.84. The first-order chi connectivity index (χ1) is 11.2. The molecule has 0 aromatic heterocycles. The van der Waals surface area contributed by atoms with E-state index in [-0.39, 0.29) is 0 Å². The highest BCUT2D eigenvalue weighted by Gasteiger charge is 2.18. The number of nitrogens with one attached hydrogen (secondary N) is 1. The first-order valence-electron chi connectivity index (χ1n) is 7.97. The zero-order chi connectivity index (χ0) is 16.2. The number of hydrogen-bond donors (Lipinski definition) is 1. The van der Waals surface area contributed by atoms with Crippen LogP contribution in [-0.2, 0) is 0 Å². The molecular weight excluding hydrogens is 280 g/mol. The van der Waals surface area contributed by atoms with Gasteiger partial charge in [0.1, 0.15) is 0 Å². The van der Waals surface area contributed by atoms with Gasteiger partial charge in [-0.1, -0.05) is 48.0 Å². The quantitative estimate of drug-likeness (QED) is 0.573. The largest absolute Gasteiger partial charge is 0.279 e. The molecule has 2 nitrogen and oxygen atoms in total. The van der Waals surface area contributed by atoms with Crippen molar-refractivity contribution < 1.29 is 0 Å². The number of hydrogen-bond acceptors (Lipinski definition) is 2. The maximum absolute atomic E-state index is 4.40. The molecule has 0 amide bonds. The van der Waals surface area contributed by atoms with Crippen LogP contribution < -0.4 is 5.43 Å². The minimum Gasteiger partial charge on any atom is -0.279 e. The Kier molecular flexibility index (Phi) is 4.42. The fourth-order valence-corrected chi connectivity index (χ4v) is 2.95. The second kappa shape index (κ2) is 6.66. The van der Waals surface area contributed by atoms with Crippen LogP contribution in [0.1, 0.15) is 38.3 Å². The van der Waals surface area contributed by atoms with Crippen molar-refractivity contribution in [1.29, 1.82) is 0 Å².